The van der Waals surface area contributed by atoms with Gasteiger partial charge in [-0.3, -0.25) is 4.57 Å². The van der Waals surface area contributed by atoms with Gasteiger partial charge in [-0.15, -0.1) is 10.2 Å². The third kappa shape index (κ3) is 5.11. The maximum absolute atomic E-state index is 5.96. The molecule has 0 spiro atoms. The highest BCUT2D eigenvalue weighted by Crippen LogP contribution is 2.34. The maximum Gasteiger partial charge on any atom is 0.239 e. The van der Waals surface area contributed by atoms with Gasteiger partial charge in [-0.2, -0.15) is 4.98 Å². The summed E-state index contributed by atoms with van der Waals surface area (Å²) in [5.41, 5.74) is 0.956. The molecule has 1 atom stereocenters. The maximum atomic E-state index is 5.96. The van der Waals surface area contributed by atoms with Crippen molar-refractivity contribution in [3.63, 3.8) is 0 Å². The molecule has 166 valence electrons. The molecule has 0 saturated carbocycles. The summed E-state index contributed by atoms with van der Waals surface area (Å²) in [6, 6.07) is 17.4. The molecule has 0 amide bonds. The van der Waals surface area contributed by atoms with Crippen LogP contribution in [-0.4, -0.2) is 32.0 Å². The van der Waals surface area contributed by atoms with Gasteiger partial charge in [0.2, 0.25) is 5.89 Å². The molecule has 32 heavy (non-hydrogen) atoms. The van der Waals surface area contributed by atoms with E-state index in [-0.39, 0.29) is 11.9 Å². The summed E-state index contributed by atoms with van der Waals surface area (Å²) < 4.78 is 18.6. The molecular formula is C23H25N5O3S. The van der Waals surface area contributed by atoms with Gasteiger partial charge in [0.25, 0.3) is 0 Å². The molecule has 0 bridgehead atoms. The Morgan fingerprint density at radius 2 is 1.78 bits per heavy atom. The molecule has 0 fully saturated rings. The highest BCUT2D eigenvalue weighted by atomic mass is 32.2. The third-order valence-corrected chi connectivity index (χ3v) is 5.76. The molecule has 0 aliphatic carbocycles. The van der Waals surface area contributed by atoms with Crippen LogP contribution in [0, 0.1) is 0 Å². The van der Waals surface area contributed by atoms with Gasteiger partial charge in [-0.1, -0.05) is 42.0 Å². The fourth-order valence-corrected chi connectivity index (χ4v) is 4.01. The molecule has 0 aliphatic rings. The number of nitrogens with zero attached hydrogens (tertiary/aromatic N) is 5. The first kappa shape index (κ1) is 21.9. The molecule has 9 heteroatoms. The van der Waals surface area contributed by atoms with E-state index in [0.717, 1.165) is 41.0 Å². The summed E-state index contributed by atoms with van der Waals surface area (Å²) in [6.07, 6.45) is 1.77. The Bertz CT molecular complexity index is 1130. The SMILES string of the molecule is CCCc1noc([C@H](C)Sc2nnc(COc3ccc(OC)cc3)n2-c2ccccc2)n1. The number of rotatable bonds is 10. The van der Waals surface area contributed by atoms with Gasteiger partial charge in [0.15, 0.2) is 16.8 Å². The highest BCUT2D eigenvalue weighted by molar-refractivity contribution is 7.99. The van der Waals surface area contributed by atoms with Crippen LogP contribution < -0.4 is 9.47 Å². The summed E-state index contributed by atoms with van der Waals surface area (Å²) >= 11 is 1.52. The number of ether oxygens (including phenoxy) is 2. The molecule has 0 saturated heterocycles. The zero-order chi connectivity index (χ0) is 22.3. The van der Waals surface area contributed by atoms with Crippen LogP contribution in [0.1, 0.15) is 43.1 Å². The van der Waals surface area contributed by atoms with Gasteiger partial charge in [-0.25, -0.2) is 0 Å². The normalized spacial score (nSPS) is 12.0. The Morgan fingerprint density at radius 1 is 1.03 bits per heavy atom. The average Bonchev–Trinajstić information content (AvgIpc) is 3.46. The van der Waals surface area contributed by atoms with Crippen LogP contribution in [-0.2, 0) is 13.0 Å². The van der Waals surface area contributed by atoms with E-state index in [1.165, 1.54) is 11.8 Å². The van der Waals surface area contributed by atoms with Crippen LogP contribution in [0.4, 0.5) is 0 Å². The lowest BCUT2D eigenvalue weighted by Crippen LogP contribution is -2.07. The van der Waals surface area contributed by atoms with Crippen LogP contribution in [0.25, 0.3) is 5.69 Å². The Balaban J connectivity index is 1.56. The van der Waals surface area contributed by atoms with Gasteiger partial charge < -0.3 is 14.0 Å². The summed E-state index contributed by atoms with van der Waals surface area (Å²) in [5, 5.41) is 13.5. The van der Waals surface area contributed by atoms with Gasteiger partial charge in [0.1, 0.15) is 18.1 Å². The zero-order valence-electron chi connectivity index (χ0n) is 18.3. The number of thioether (sulfide) groups is 1. The van der Waals surface area contributed by atoms with Crippen molar-refractivity contribution >= 4 is 11.8 Å². The first-order valence-electron chi connectivity index (χ1n) is 10.4. The number of hydrogen-bond donors (Lipinski definition) is 0. The predicted octanol–water partition coefficient (Wildman–Crippen LogP) is 5.04. The van der Waals surface area contributed by atoms with E-state index in [9.17, 15) is 0 Å². The molecule has 4 rings (SSSR count). The number of hydrogen-bond acceptors (Lipinski definition) is 8. The van der Waals surface area contributed by atoms with Crippen molar-refractivity contribution in [2.75, 3.05) is 7.11 Å². The summed E-state index contributed by atoms with van der Waals surface area (Å²) in [6.45, 7) is 4.38. The molecule has 2 aromatic carbocycles. The molecule has 8 nitrogen and oxygen atoms in total. The first-order valence-corrected chi connectivity index (χ1v) is 11.3. The molecule has 0 N–H and O–H groups in total. The van der Waals surface area contributed by atoms with E-state index in [2.05, 4.69) is 27.3 Å². The van der Waals surface area contributed by atoms with E-state index in [1.54, 1.807) is 7.11 Å². The molecule has 4 aromatic rings. The van der Waals surface area contributed by atoms with E-state index in [1.807, 2.05) is 66.1 Å². The number of para-hydroxylation sites is 1. The van der Waals surface area contributed by atoms with Crippen LogP contribution in [0.3, 0.4) is 0 Å². The fourth-order valence-electron chi connectivity index (χ4n) is 3.09. The molecule has 2 heterocycles. The number of benzene rings is 2. The summed E-state index contributed by atoms with van der Waals surface area (Å²) in [7, 11) is 1.64. The second-order valence-corrected chi connectivity index (χ2v) is 8.40. The lowest BCUT2D eigenvalue weighted by atomic mass is 10.3. The highest BCUT2D eigenvalue weighted by Gasteiger charge is 2.22. The average molecular weight is 452 g/mol. The lowest BCUT2D eigenvalue weighted by Gasteiger charge is -2.12. The monoisotopic (exact) mass is 451 g/mol. The van der Waals surface area contributed by atoms with Crippen molar-refractivity contribution in [1.82, 2.24) is 24.9 Å². The second-order valence-electron chi connectivity index (χ2n) is 7.09. The fraction of sp³-hybridized carbons (Fsp3) is 0.304. The van der Waals surface area contributed by atoms with Gasteiger partial charge >= 0.3 is 0 Å². The Labute approximate surface area is 191 Å². The molecule has 0 aliphatic heterocycles. The van der Waals surface area contributed by atoms with Gasteiger partial charge in [0, 0.05) is 12.1 Å². The topological polar surface area (TPSA) is 88.1 Å². The van der Waals surface area contributed by atoms with Crippen molar-refractivity contribution in [1.29, 1.82) is 0 Å². The minimum absolute atomic E-state index is 0.0740. The zero-order valence-corrected chi connectivity index (χ0v) is 19.1. The van der Waals surface area contributed by atoms with Crippen LogP contribution in [0.2, 0.25) is 0 Å². The molecule has 2 aromatic heterocycles. The lowest BCUT2D eigenvalue weighted by molar-refractivity contribution is 0.292. The Hall–Kier alpha value is -3.33. The van der Waals surface area contributed by atoms with E-state index in [0.29, 0.717) is 11.7 Å². The van der Waals surface area contributed by atoms with Gasteiger partial charge in [0.05, 0.1) is 12.4 Å². The third-order valence-electron chi connectivity index (χ3n) is 4.73. The molecule has 0 unspecified atom stereocenters. The predicted molar refractivity (Wildman–Crippen MR) is 121 cm³/mol. The van der Waals surface area contributed by atoms with Crippen molar-refractivity contribution in [2.24, 2.45) is 0 Å². The van der Waals surface area contributed by atoms with Crippen LogP contribution in [0.15, 0.2) is 64.3 Å². The molecule has 0 radical (unpaired) electrons. The Kier molecular flexibility index (Phi) is 7.06. The number of aromatic nitrogens is 5. The smallest absolute Gasteiger partial charge is 0.239 e. The minimum atomic E-state index is -0.0740. The largest absolute Gasteiger partial charge is 0.497 e. The minimum Gasteiger partial charge on any atom is -0.497 e. The van der Waals surface area contributed by atoms with Crippen LogP contribution in [0.5, 0.6) is 11.5 Å². The Morgan fingerprint density at radius 3 is 2.50 bits per heavy atom. The number of methoxy groups -OCH3 is 1. The van der Waals surface area contributed by atoms with Gasteiger partial charge in [-0.05, 0) is 49.7 Å². The summed E-state index contributed by atoms with van der Waals surface area (Å²) in [5.74, 6) is 3.51. The van der Waals surface area contributed by atoms with E-state index >= 15 is 0 Å². The second kappa shape index (κ2) is 10.3. The van der Waals surface area contributed by atoms with Crippen molar-refractivity contribution in [3.05, 3.63) is 72.1 Å². The van der Waals surface area contributed by atoms with Crippen molar-refractivity contribution in [3.8, 4) is 17.2 Å². The first-order chi connectivity index (χ1) is 15.7. The standard InChI is InChI=1S/C23H25N5O3S/c1-4-8-20-24-22(31-27-20)16(2)32-23-26-25-21(28(23)17-9-6-5-7-10-17)15-30-19-13-11-18(29-3)12-14-19/h5-7,9-14,16H,4,8,15H2,1-3H3/t16-/m0/s1. The quantitative estimate of drug-likeness (QED) is 0.310. The summed E-state index contributed by atoms with van der Waals surface area (Å²) in [4.78, 5) is 4.50. The van der Waals surface area contributed by atoms with Crippen molar-refractivity contribution in [2.45, 2.75) is 43.7 Å². The van der Waals surface area contributed by atoms with Crippen LogP contribution >= 0.6 is 11.8 Å². The van der Waals surface area contributed by atoms with E-state index < -0.39 is 0 Å². The van der Waals surface area contributed by atoms with Crippen molar-refractivity contribution < 1.29 is 14.0 Å². The molecular weight excluding hydrogens is 426 g/mol. The van der Waals surface area contributed by atoms with E-state index in [4.69, 9.17) is 14.0 Å². The number of aryl methyl sites for hydroxylation is 1.